The highest BCUT2D eigenvalue weighted by Gasteiger charge is 2.42. The Balaban J connectivity index is 2.99. The lowest BCUT2D eigenvalue weighted by Gasteiger charge is -2.41. The van der Waals surface area contributed by atoms with Gasteiger partial charge in [-0.15, -0.1) is 0 Å². The minimum Gasteiger partial charge on any atom is -0.294 e. The molecule has 94 valence electrons. The molecule has 0 aliphatic heterocycles. The molecule has 0 aromatic heterocycles. The lowest BCUT2D eigenvalue weighted by Crippen LogP contribution is -2.44. The number of carbonyl (C=O) groups excluding carboxylic acids is 1. The Bertz CT molecular complexity index is 387. The molecule has 0 aliphatic carbocycles. The van der Waals surface area contributed by atoms with Crippen LogP contribution in [0.1, 0.15) is 38.1 Å². The van der Waals surface area contributed by atoms with Crippen LogP contribution in [0.2, 0.25) is 23.7 Å². The van der Waals surface area contributed by atoms with Crippen LogP contribution in [0, 0.1) is 0 Å². The van der Waals surface area contributed by atoms with Crippen molar-refractivity contribution in [2.24, 2.45) is 0 Å². The van der Waals surface area contributed by atoms with E-state index in [2.05, 4.69) is 40.8 Å². The zero-order chi connectivity index (χ0) is 13.3. The number of rotatable bonds is 3. The third-order valence-electron chi connectivity index (χ3n) is 4.47. The molecule has 17 heavy (non-hydrogen) atoms. The van der Waals surface area contributed by atoms with Gasteiger partial charge < -0.3 is 0 Å². The van der Waals surface area contributed by atoms with Gasteiger partial charge in [0.25, 0.3) is 0 Å². The molecule has 0 aliphatic rings. The SMILES string of the molecule is C[C@H](C(=O)c1ccccc1)[Si](C)(C)C(C)(C)C. The summed E-state index contributed by atoms with van der Waals surface area (Å²) in [6.45, 7) is 13.5. The largest absolute Gasteiger partial charge is 0.294 e. The van der Waals surface area contributed by atoms with Gasteiger partial charge >= 0.3 is 0 Å². The molecule has 0 unspecified atom stereocenters. The molecule has 2 heteroatoms. The summed E-state index contributed by atoms with van der Waals surface area (Å²) in [5.74, 6) is 0.303. The molecule has 1 nitrogen and oxygen atoms in total. The van der Waals surface area contributed by atoms with Gasteiger partial charge in [-0.25, -0.2) is 0 Å². The Morgan fingerprint density at radius 2 is 1.59 bits per heavy atom. The second kappa shape index (κ2) is 4.77. The molecule has 0 saturated heterocycles. The van der Waals surface area contributed by atoms with Gasteiger partial charge in [0.1, 0.15) is 0 Å². The number of ketones is 1. The predicted molar refractivity (Wildman–Crippen MR) is 77.4 cm³/mol. The summed E-state index contributed by atoms with van der Waals surface area (Å²) < 4.78 is 0. The lowest BCUT2D eigenvalue weighted by atomic mass is 10.1. The topological polar surface area (TPSA) is 17.1 Å². The third-order valence-corrected chi connectivity index (χ3v) is 10.8. The van der Waals surface area contributed by atoms with Crippen LogP contribution in [0.3, 0.4) is 0 Å². The normalized spacial score (nSPS) is 14.5. The number of benzene rings is 1. The first-order valence-corrected chi connectivity index (χ1v) is 9.35. The number of hydrogen-bond donors (Lipinski definition) is 0. The van der Waals surface area contributed by atoms with Gasteiger partial charge in [-0.3, -0.25) is 4.79 Å². The van der Waals surface area contributed by atoms with Crippen LogP contribution in [0.5, 0.6) is 0 Å². The van der Waals surface area contributed by atoms with E-state index in [0.717, 1.165) is 5.56 Å². The van der Waals surface area contributed by atoms with Crippen molar-refractivity contribution in [3.63, 3.8) is 0 Å². The summed E-state index contributed by atoms with van der Waals surface area (Å²) in [5, 5.41) is 0.247. The van der Waals surface area contributed by atoms with E-state index in [1.165, 1.54) is 0 Å². The Morgan fingerprint density at radius 1 is 1.12 bits per heavy atom. The first-order valence-electron chi connectivity index (χ1n) is 6.27. The number of hydrogen-bond acceptors (Lipinski definition) is 1. The standard InChI is InChI=1S/C15H24OSi/c1-12(17(5,6)15(2,3)4)14(16)13-10-8-7-9-11-13/h7-12H,1-6H3/t12-/m1/s1. The van der Waals surface area contributed by atoms with E-state index in [-0.39, 0.29) is 10.6 Å². The quantitative estimate of drug-likeness (QED) is 0.556. The van der Waals surface area contributed by atoms with E-state index in [0.29, 0.717) is 5.78 Å². The van der Waals surface area contributed by atoms with Crippen LogP contribution in [0.15, 0.2) is 30.3 Å². The average Bonchev–Trinajstić information content (AvgIpc) is 2.26. The molecule has 1 aromatic carbocycles. The van der Waals surface area contributed by atoms with E-state index in [4.69, 9.17) is 0 Å². The van der Waals surface area contributed by atoms with E-state index >= 15 is 0 Å². The van der Waals surface area contributed by atoms with Crippen LogP contribution in [-0.2, 0) is 0 Å². The fourth-order valence-corrected chi connectivity index (χ4v) is 3.95. The van der Waals surface area contributed by atoms with Gasteiger partial charge in [-0.05, 0) is 5.04 Å². The highest BCUT2D eigenvalue weighted by atomic mass is 28.3. The second-order valence-electron chi connectivity index (χ2n) is 6.42. The van der Waals surface area contributed by atoms with E-state index < -0.39 is 8.07 Å². The molecule has 0 spiro atoms. The first-order chi connectivity index (χ1) is 7.68. The molecule has 0 amide bonds. The smallest absolute Gasteiger partial charge is 0.163 e. The molecule has 1 aromatic rings. The van der Waals surface area contributed by atoms with Gasteiger partial charge in [0.15, 0.2) is 5.78 Å². The fraction of sp³-hybridized carbons (Fsp3) is 0.533. The van der Waals surface area contributed by atoms with Crippen molar-refractivity contribution in [1.82, 2.24) is 0 Å². The average molecular weight is 248 g/mol. The van der Waals surface area contributed by atoms with Gasteiger partial charge in [-0.2, -0.15) is 0 Å². The molecule has 0 heterocycles. The molecular formula is C15H24OSi. The van der Waals surface area contributed by atoms with Crippen LogP contribution in [0.25, 0.3) is 0 Å². The number of Topliss-reactive ketones (excluding diaryl/α,β-unsaturated/α-hetero) is 1. The molecule has 0 saturated carbocycles. The van der Waals surface area contributed by atoms with Gasteiger partial charge in [0.2, 0.25) is 0 Å². The highest BCUT2D eigenvalue weighted by molar-refractivity contribution is 6.84. The molecule has 0 radical (unpaired) electrons. The minimum absolute atomic E-state index is 0.157. The van der Waals surface area contributed by atoms with E-state index in [1.807, 2.05) is 30.3 Å². The number of carbonyl (C=O) groups is 1. The Kier molecular flexibility index (Phi) is 3.98. The van der Waals surface area contributed by atoms with Crippen LogP contribution in [0.4, 0.5) is 0 Å². The summed E-state index contributed by atoms with van der Waals surface area (Å²) >= 11 is 0. The Labute approximate surface area is 106 Å². The van der Waals surface area contributed by atoms with Crippen LogP contribution in [-0.4, -0.2) is 13.9 Å². The van der Waals surface area contributed by atoms with E-state index in [1.54, 1.807) is 0 Å². The highest BCUT2D eigenvalue weighted by Crippen LogP contribution is 2.44. The predicted octanol–water partition coefficient (Wildman–Crippen LogP) is 4.77. The van der Waals surface area contributed by atoms with Crippen LogP contribution < -0.4 is 0 Å². The summed E-state index contributed by atoms with van der Waals surface area (Å²) in [7, 11) is -1.60. The van der Waals surface area contributed by atoms with Crippen molar-refractivity contribution in [1.29, 1.82) is 0 Å². The maximum absolute atomic E-state index is 12.5. The van der Waals surface area contributed by atoms with Crippen LogP contribution >= 0.6 is 0 Å². The molecule has 1 rings (SSSR count). The molecule has 1 atom stereocenters. The monoisotopic (exact) mass is 248 g/mol. The second-order valence-corrected chi connectivity index (χ2v) is 12.2. The molecule has 0 N–H and O–H groups in total. The molecular weight excluding hydrogens is 224 g/mol. The fourth-order valence-electron chi connectivity index (χ4n) is 1.83. The van der Waals surface area contributed by atoms with Gasteiger partial charge in [0.05, 0.1) is 8.07 Å². The minimum atomic E-state index is -1.60. The Morgan fingerprint density at radius 3 is 2.00 bits per heavy atom. The van der Waals surface area contributed by atoms with Gasteiger partial charge in [0, 0.05) is 11.1 Å². The summed E-state index contributed by atoms with van der Waals surface area (Å²) in [4.78, 5) is 12.5. The summed E-state index contributed by atoms with van der Waals surface area (Å²) in [6, 6.07) is 9.67. The Hall–Kier alpha value is -0.893. The summed E-state index contributed by atoms with van der Waals surface area (Å²) in [6.07, 6.45) is 0. The lowest BCUT2D eigenvalue weighted by molar-refractivity contribution is 0.0984. The van der Waals surface area contributed by atoms with Crippen molar-refractivity contribution in [3.8, 4) is 0 Å². The van der Waals surface area contributed by atoms with Crippen molar-refractivity contribution in [2.75, 3.05) is 0 Å². The third kappa shape index (κ3) is 2.86. The van der Waals surface area contributed by atoms with Crippen molar-refractivity contribution >= 4 is 13.9 Å². The maximum atomic E-state index is 12.5. The molecule has 0 fully saturated rings. The first kappa shape index (κ1) is 14.2. The van der Waals surface area contributed by atoms with Crippen molar-refractivity contribution in [2.45, 2.75) is 51.4 Å². The summed E-state index contributed by atoms with van der Waals surface area (Å²) in [5.41, 5.74) is 1.01. The van der Waals surface area contributed by atoms with Crippen molar-refractivity contribution in [3.05, 3.63) is 35.9 Å². The maximum Gasteiger partial charge on any atom is 0.163 e. The van der Waals surface area contributed by atoms with E-state index in [9.17, 15) is 4.79 Å². The molecule has 0 bridgehead atoms. The van der Waals surface area contributed by atoms with Gasteiger partial charge in [-0.1, -0.05) is 71.1 Å². The zero-order valence-electron chi connectivity index (χ0n) is 11.9. The van der Waals surface area contributed by atoms with Crippen molar-refractivity contribution < 1.29 is 4.79 Å². The zero-order valence-corrected chi connectivity index (χ0v) is 12.9.